The Balaban J connectivity index is 1.69. The Morgan fingerprint density at radius 1 is 1.33 bits per heavy atom. The van der Waals surface area contributed by atoms with Crippen molar-refractivity contribution in [2.45, 2.75) is 25.8 Å². The van der Waals surface area contributed by atoms with E-state index in [2.05, 4.69) is 21.2 Å². The third-order valence-electron chi connectivity index (χ3n) is 5.13. The number of fused-ring (bicyclic) bond motifs is 1. The summed E-state index contributed by atoms with van der Waals surface area (Å²) < 4.78 is 7.85. The zero-order chi connectivity index (χ0) is 20.9. The number of hydrogen-bond acceptors (Lipinski definition) is 6. The van der Waals surface area contributed by atoms with Crippen LogP contribution in [-0.4, -0.2) is 32.8 Å². The Morgan fingerprint density at radius 3 is 2.87 bits per heavy atom. The van der Waals surface area contributed by atoms with Crippen LogP contribution in [-0.2, 0) is 0 Å². The van der Waals surface area contributed by atoms with Crippen LogP contribution in [0.3, 0.4) is 0 Å². The average Bonchev–Trinajstić information content (AvgIpc) is 3.19. The minimum Gasteiger partial charge on any atom is -0.458 e. The molecular formula is C23H24N6O. The molecule has 0 radical (unpaired) electrons. The number of hydrogen-bond donors (Lipinski definition) is 2. The first-order valence-electron chi connectivity index (χ1n) is 9.98. The van der Waals surface area contributed by atoms with Crippen molar-refractivity contribution in [3.63, 3.8) is 0 Å². The van der Waals surface area contributed by atoms with Gasteiger partial charge in [0.25, 0.3) is 0 Å². The number of terminal acetylenes is 1. The van der Waals surface area contributed by atoms with Crippen LogP contribution in [0.4, 0.5) is 5.82 Å². The lowest BCUT2D eigenvalue weighted by molar-refractivity contribution is 0.354. The number of nitrogen functional groups attached to an aromatic ring is 1. The molecule has 7 nitrogen and oxygen atoms in total. The number of rotatable bonds is 5. The molecule has 2 aromatic heterocycles. The summed E-state index contributed by atoms with van der Waals surface area (Å²) in [6.07, 6.45) is 14.1. The van der Waals surface area contributed by atoms with E-state index in [1.54, 1.807) is 12.2 Å². The first kappa shape index (κ1) is 19.7. The molecule has 0 amide bonds. The molecule has 7 heteroatoms. The summed E-state index contributed by atoms with van der Waals surface area (Å²) in [6, 6.07) is 7.97. The zero-order valence-electron chi connectivity index (χ0n) is 16.9. The van der Waals surface area contributed by atoms with E-state index in [1.165, 1.54) is 6.33 Å². The molecule has 1 aromatic carbocycles. The van der Waals surface area contributed by atoms with Crippen molar-refractivity contribution < 1.29 is 4.74 Å². The smallest absolute Gasteiger partial charge is 0.164 e. The fraction of sp³-hybridized carbons (Fsp3) is 0.261. The van der Waals surface area contributed by atoms with E-state index in [0.29, 0.717) is 17.3 Å². The van der Waals surface area contributed by atoms with Gasteiger partial charge < -0.3 is 15.8 Å². The third kappa shape index (κ3) is 3.91. The van der Waals surface area contributed by atoms with Crippen LogP contribution < -0.4 is 15.8 Å². The maximum absolute atomic E-state index is 6.22. The Bertz CT molecular complexity index is 1130. The second-order valence-corrected chi connectivity index (χ2v) is 7.07. The van der Waals surface area contributed by atoms with E-state index in [1.807, 2.05) is 41.9 Å². The number of aromatic nitrogens is 4. The Morgan fingerprint density at radius 2 is 2.17 bits per heavy atom. The molecule has 0 saturated carbocycles. The number of nitrogens with zero attached hydrogens (tertiary/aromatic N) is 4. The first-order valence-corrected chi connectivity index (χ1v) is 9.98. The highest BCUT2D eigenvalue weighted by atomic mass is 16.5. The van der Waals surface area contributed by atoms with Gasteiger partial charge in [0.1, 0.15) is 29.3 Å². The standard InChI is InChI=1S/C23H24N6O/c1-3-5-8-18(4-2)30-19-11-9-16(10-12-19)21-20-22(24)26-15-27-23(20)29(28-21)17-7-6-13-25-14-17/h1,4-5,8-12,15,17,25H,6-7,13-14H2,2H3,(H2,24,26,27)/b8-5-,18-4+/t17-/m1/s1. The van der Waals surface area contributed by atoms with Gasteiger partial charge in [-0.05, 0) is 68.8 Å². The predicted molar refractivity (Wildman–Crippen MR) is 119 cm³/mol. The van der Waals surface area contributed by atoms with Crippen molar-refractivity contribution in [3.05, 3.63) is 54.6 Å². The summed E-state index contributed by atoms with van der Waals surface area (Å²) in [5.74, 6) is 4.28. The SMILES string of the molecule is C#C/C=C\C(=C/C)Oc1ccc(-c2nn([C@@H]3CCCNC3)c3ncnc(N)c23)cc1. The topological polar surface area (TPSA) is 90.9 Å². The summed E-state index contributed by atoms with van der Waals surface area (Å²) in [7, 11) is 0. The highest BCUT2D eigenvalue weighted by Crippen LogP contribution is 2.33. The predicted octanol–water partition coefficient (Wildman–Crippen LogP) is 3.47. The number of piperidine rings is 1. The third-order valence-corrected chi connectivity index (χ3v) is 5.13. The van der Waals surface area contributed by atoms with Gasteiger partial charge in [-0.1, -0.05) is 5.92 Å². The van der Waals surface area contributed by atoms with E-state index in [9.17, 15) is 0 Å². The van der Waals surface area contributed by atoms with Crippen LogP contribution in [0.5, 0.6) is 5.75 Å². The van der Waals surface area contributed by atoms with Gasteiger partial charge in [0, 0.05) is 12.1 Å². The molecule has 4 rings (SSSR count). The Kier molecular flexibility index (Phi) is 5.77. The van der Waals surface area contributed by atoms with Gasteiger partial charge in [-0.2, -0.15) is 5.10 Å². The van der Waals surface area contributed by atoms with Crippen molar-refractivity contribution in [2.75, 3.05) is 18.8 Å². The van der Waals surface area contributed by atoms with E-state index in [4.69, 9.17) is 22.0 Å². The van der Waals surface area contributed by atoms with Gasteiger partial charge in [0.15, 0.2) is 5.65 Å². The number of ether oxygens (including phenoxy) is 1. The Labute approximate surface area is 175 Å². The molecule has 152 valence electrons. The van der Waals surface area contributed by atoms with Crippen molar-refractivity contribution in [3.8, 4) is 29.4 Å². The van der Waals surface area contributed by atoms with Gasteiger partial charge >= 0.3 is 0 Å². The molecule has 1 saturated heterocycles. The summed E-state index contributed by atoms with van der Waals surface area (Å²) in [6.45, 7) is 3.79. The van der Waals surface area contributed by atoms with E-state index in [0.717, 1.165) is 48.2 Å². The zero-order valence-corrected chi connectivity index (χ0v) is 16.9. The summed E-state index contributed by atoms with van der Waals surface area (Å²) >= 11 is 0. The second-order valence-electron chi connectivity index (χ2n) is 7.07. The molecule has 1 atom stereocenters. The van der Waals surface area contributed by atoms with Crippen molar-refractivity contribution in [2.24, 2.45) is 0 Å². The molecular weight excluding hydrogens is 376 g/mol. The van der Waals surface area contributed by atoms with Gasteiger partial charge in [0.2, 0.25) is 0 Å². The molecule has 0 aliphatic carbocycles. The van der Waals surface area contributed by atoms with Crippen molar-refractivity contribution in [1.82, 2.24) is 25.1 Å². The monoisotopic (exact) mass is 400 g/mol. The quantitative estimate of drug-likeness (QED) is 0.387. The number of nitrogens with one attached hydrogen (secondary N) is 1. The van der Waals surface area contributed by atoms with Gasteiger partial charge in [-0.3, -0.25) is 0 Å². The van der Waals surface area contributed by atoms with Crippen LogP contribution in [0.15, 0.2) is 54.6 Å². The molecule has 1 fully saturated rings. The molecule has 0 bridgehead atoms. The molecule has 3 N–H and O–H groups in total. The fourth-order valence-electron chi connectivity index (χ4n) is 3.63. The maximum atomic E-state index is 6.22. The molecule has 3 heterocycles. The highest BCUT2D eigenvalue weighted by Gasteiger charge is 2.23. The van der Waals surface area contributed by atoms with Crippen LogP contribution in [0.1, 0.15) is 25.8 Å². The van der Waals surface area contributed by atoms with Crippen molar-refractivity contribution in [1.29, 1.82) is 0 Å². The molecule has 1 aliphatic heterocycles. The summed E-state index contributed by atoms with van der Waals surface area (Å²) in [5, 5.41) is 9.11. The number of benzene rings is 1. The largest absolute Gasteiger partial charge is 0.458 e. The lowest BCUT2D eigenvalue weighted by Gasteiger charge is -2.23. The fourth-order valence-corrected chi connectivity index (χ4v) is 3.63. The molecule has 1 aliphatic rings. The van der Waals surface area contributed by atoms with Gasteiger partial charge in [0.05, 0.1) is 11.4 Å². The Hall–Kier alpha value is -3.63. The lowest BCUT2D eigenvalue weighted by atomic mass is 10.1. The van der Waals surface area contributed by atoms with E-state index >= 15 is 0 Å². The number of anilines is 1. The van der Waals surface area contributed by atoms with Gasteiger partial charge in [-0.25, -0.2) is 14.6 Å². The first-order chi connectivity index (χ1) is 14.7. The molecule has 0 spiro atoms. The second kappa shape index (κ2) is 8.80. The minimum absolute atomic E-state index is 0.243. The normalized spacial score (nSPS) is 17.3. The molecule has 0 unspecified atom stereocenters. The summed E-state index contributed by atoms with van der Waals surface area (Å²) in [4.78, 5) is 8.68. The number of nitrogens with two attached hydrogens (primary N) is 1. The highest BCUT2D eigenvalue weighted by molar-refractivity contribution is 5.98. The van der Waals surface area contributed by atoms with Crippen LogP contribution >= 0.6 is 0 Å². The molecule has 30 heavy (non-hydrogen) atoms. The summed E-state index contributed by atoms with van der Waals surface area (Å²) in [5.41, 5.74) is 8.69. The van der Waals surface area contributed by atoms with Crippen LogP contribution in [0, 0.1) is 12.3 Å². The average molecular weight is 400 g/mol. The maximum Gasteiger partial charge on any atom is 0.164 e. The minimum atomic E-state index is 0.243. The van der Waals surface area contributed by atoms with Crippen LogP contribution in [0.2, 0.25) is 0 Å². The lowest BCUT2D eigenvalue weighted by Crippen LogP contribution is -2.32. The van der Waals surface area contributed by atoms with Crippen LogP contribution in [0.25, 0.3) is 22.3 Å². The van der Waals surface area contributed by atoms with E-state index in [-0.39, 0.29) is 6.04 Å². The number of allylic oxidation sites excluding steroid dienone is 3. The van der Waals surface area contributed by atoms with Crippen molar-refractivity contribution >= 4 is 16.9 Å². The van der Waals surface area contributed by atoms with Gasteiger partial charge in [-0.15, -0.1) is 6.42 Å². The van der Waals surface area contributed by atoms with E-state index < -0.39 is 0 Å². The molecule has 3 aromatic rings.